The van der Waals surface area contributed by atoms with Gasteiger partial charge in [-0.05, 0) is 55.9 Å². The van der Waals surface area contributed by atoms with Gasteiger partial charge in [0.25, 0.3) is 0 Å². The predicted molar refractivity (Wildman–Crippen MR) is 120 cm³/mol. The maximum atomic E-state index is 13.6. The molecule has 1 unspecified atom stereocenters. The zero-order chi connectivity index (χ0) is 23.3. The Hall–Kier alpha value is -2.68. The maximum absolute atomic E-state index is 13.6. The molecule has 9 heteroatoms. The second-order valence-electron chi connectivity index (χ2n) is 9.63. The number of carbonyl (C=O) groups is 1. The Balaban J connectivity index is 1.75. The zero-order valence-corrected chi connectivity index (χ0v) is 19.3. The number of aromatic nitrogens is 3. The molecule has 2 N–H and O–H groups in total. The molecule has 4 rings (SSSR count). The lowest BCUT2D eigenvalue weighted by Crippen LogP contribution is -2.24. The highest BCUT2D eigenvalue weighted by Crippen LogP contribution is 2.33. The number of fused-ring (bicyclic) bond motifs is 1. The van der Waals surface area contributed by atoms with Crippen molar-refractivity contribution in [3.8, 4) is 0 Å². The van der Waals surface area contributed by atoms with Gasteiger partial charge < -0.3 is 9.67 Å². The standard InChI is InChI=1S/C23H28FN3O4S/c1-23(2,3)22-25-19-12-18(32(30,31)26-11-10-16(14-26)21(28)29)8-9-20(19)27(22)13-15-4-6-17(24)7-5-15/h8-12,14-15,17H,4-7,13H2,1-3H3,(H,28,29)/p+1. The van der Waals surface area contributed by atoms with Crippen molar-refractivity contribution in [2.75, 3.05) is 0 Å². The SMILES string of the molecule is CC(C)(C)c1nc2cc(S(=O)(=[OH+])n3ccc(C(=O)O)c3)ccc2n1CC1CCC(F)CC1. The number of rotatable bonds is 5. The summed E-state index contributed by atoms with van der Waals surface area (Å²) in [4.78, 5) is 16.1. The molecule has 1 aliphatic rings. The van der Waals surface area contributed by atoms with Crippen molar-refractivity contribution in [3.05, 3.63) is 48.0 Å². The maximum Gasteiger partial charge on any atom is 0.402 e. The van der Waals surface area contributed by atoms with E-state index in [1.165, 1.54) is 12.3 Å². The lowest BCUT2D eigenvalue weighted by molar-refractivity contribution is 0.0697. The molecule has 0 saturated heterocycles. The third kappa shape index (κ3) is 4.18. The van der Waals surface area contributed by atoms with E-state index in [9.17, 15) is 17.6 Å². The van der Waals surface area contributed by atoms with Crippen LogP contribution in [0.25, 0.3) is 11.0 Å². The number of halogens is 1. The molecule has 1 aliphatic carbocycles. The summed E-state index contributed by atoms with van der Waals surface area (Å²) in [6.45, 7) is 6.97. The number of hydrogen-bond donors (Lipinski definition) is 1. The topological polar surface area (TPSA) is 98.5 Å². The summed E-state index contributed by atoms with van der Waals surface area (Å²) in [5.74, 6) is 0.0897. The molecule has 3 aromatic rings. The Morgan fingerprint density at radius 2 is 1.94 bits per heavy atom. The Morgan fingerprint density at radius 1 is 1.25 bits per heavy atom. The van der Waals surface area contributed by atoms with Gasteiger partial charge in [-0.3, -0.25) is 0 Å². The van der Waals surface area contributed by atoms with E-state index in [1.807, 2.05) is 0 Å². The van der Waals surface area contributed by atoms with Gasteiger partial charge in [-0.2, -0.15) is 4.21 Å². The quantitative estimate of drug-likeness (QED) is 0.553. The van der Waals surface area contributed by atoms with Crippen molar-refractivity contribution in [1.29, 1.82) is 0 Å². The fraction of sp³-hybridized carbons (Fsp3) is 0.478. The van der Waals surface area contributed by atoms with Crippen LogP contribution in [0.15, 0.2) is 41.6 Å². The first-order valence-corrected chi connectivity index (χ1v) is 12.3. The van der Waals surface area contributed by atoms with E-state index in [0.29, 0.717) is 24.3 Å². The first kappa shape index (κ1) is 22.5. The van der Waals surface area contributed by atoms with Crippen LogP contribution in [0.4, 0.5) is 4.39 Å². The van der Waals surface area contributed by atoms with E-state index in [4.69, 9.17) is 10.1 Å². The van der Waals surface area contributed by atoms with Crippen LogP contribution in [0.5, 0.6) is 0 Å². The van der Waals surface area contributed by atoms with Crippen LogP contribution in [0.1, 0.15) is 62.6 Å². The molecule has 1 aromatic carbocycles. The van der Waals surface area contributed by atoms with Crippen LogP contribution in [0, 0.1) is 5.92 Å². The lowest BCUT2D eigenvalue weighted by Gasteiger charge is -2.27. The van der Waals surface area contributed by atoms with E-state index >= 15 is 0 Å². The van der Waals surface area contributed by atoms with Crippen LogP contribution in [-0.2, 0) is 22.0 Å². The molecule has 0 aliphatic heterocycles. The highest BCUT2D eigenvalue weighted by atomic mass is 32.2. The number of aromatic carboxylic acids is 1. The van der Waals surface area contributed by atoms with Gasteiger partial charge in [0.15, 0.2) is 0 Å². The van der Waals surface area contributed by atoms with Gasteiger partial charge in [-0.1, -0.05) is 20.8 Å². The second-order valence-corrected chi connectivity index (χ2v) is 11.5. The lowest BCUT2D eigenvalue weighted by atomic mass is 9.87. The number of hydrogen-bond acceptors (Lipinski definition) is 3. The molecule has 0 bridgehead atoms. The third-order valence-electron chi connectivity index (χ3n) is 6.11. The molecule has 172 valence electrons. The van der Waals surface area contributed by atoms with Crippen molar-refractivity contribution in [1.82, 2.24) is 13.5 Å². The molecule has 32 heavy (non-hydrogen) atoms. The smallest absolute Gasteiger partial charge is 0.402 e. The Morgan fingerprint density at radius 3 is 2.53 bits per heavy atom. The average Bonchev–Trinajstić information content (AvgIpc) is 3.35. The summed E-state index contributed by atoms with van der Waals surface area (Å²) in [5, 5.41) is 9.11. The Kier molecular flexibility index (Phi) is 5.65. The summed E-state index contributed by atoms with van der Waals surface area (Å²) >= 11 is 0. The monoisotopic (exact) mass is 462 g/mol. The zero-order valence-electron chi connectivity index (χ0n) is 18.5. The van der Waals surface area contributed by atoms with Gasteiger partial charge in [0, 0.05) is 24.4 Å². The first-order valence-electron chi connectivity index (χ1n) is 10.8. The molecule has 0 radical (unpaired) electrons. The highest BCUT2D eigenvalue weighted by Gasteiger charge is 2.29. The molecule has 0 spiro atoms. The molecule has 0 amide bonds. The molecular formula is C23H29FN3O4S+. The number of carboxylic acid groups (broad SMARTS) is 1. The van der Waals surface area contributed by atoms with Crippen LogP contribution < -0.4 is 0 Å². The minimum Gasteiger partial charge on any atom is -0.478 e. The van der Waals surface area contributed by atoms with Crippen molar-refractivity contribution < 1.29 is 22.7 Å². The molecule has 1 atom stereocenters. The fourth-order valence-electron chi connectivity index (χ4n) is 4.37. The second kappa shape index (κ2) is 8.03. The van der Waals surface area contributed by atoms with Gasteiger partial charge in [0.2, 0.25) is 0 Å². The molecular weight excluding hydrogens is 433 g/mol. The summed E-state index contributed by atoms with van der Waals surface area (Å²) in [6, 6.07) is 6.27. The van der Waals surface area contributed by atoms with Crippen molar-refractivity contribution in [3.63, 3.8) is 0 Å². The normalized spacial score (nSPS) is 21.5. The van der Waals surface area contributed by atoms with E-state index < -0.39 is 22.2 Å². The molecule has 2 aromatic heterocycles. The van der Waals surface area contributed by atoms with Gasteiger partial charge >= 0.3 is 16.0 Å². The van der Waals surface area contributed by atoms with Crippen LogP contribution in [0.2, 0.25) is 0 Å². The molecule has 2 heterocycles. The number of benzene rings is 1. The van der Waals surface area contributed by atoms with Gasteiger partial charge in [-0.25, -0.2) is 22.4 Å². The first-order chi connectivity index (χ1) is 15.0. The van der Waals surface area contributed by atoms with Crippen LogP contribution in [-0.4, -0.2) is 39.2 Å². The number of nitrogens with zero attached hydrogens (tertiary/aromatic N) is 3. The van der Waals surface area contributed by atoms with Gasteiger partial charge in [0.05, 0.1) is 16.6 Å². The summed E-state index contributed by atoms with van der Waals surface area (Å²) in [5.41, 5.74) is 1.18. The van der Waals surface area contributed by atoms with E-state index in [1.54, 1.807) is 18.2 Å². The minimum atomic E-state index is -3.70. The minimum absolute atomic E-state index is 0.0600. The summed E-state index contributed by atoms with van der Waals surface area (Å²) in [7, 11) is -3.70. The highest BCUT2D eigenvalue weighted by molar-refractivity contribution is 7.90. The van der Waals surface area contributed by atoms with Crippen molar-refractivity contribution in [2.24, 2.45) is 5.92 Å². The number of carboxylic acids is 1. The predicted octanol–water partition coefficient (Wildman–Crippen LogP) is 4.76. The van der Waals surface area contributed by atoms with Gasteiger partial charge in [0.1, 0.15) is 16.9 Å². The van der Waals surface area contributed by atoms with Crippen LogP contribution >= 0.6 is 0 Å². The fourth-order valence-corrected chi connectivity index (χ4v) is 5.61. The number of imidazole rings is 1. The van der Waals surface area contributed by atoms with Crippen molar-refractivity contribution >= 4 is 27.0 Å². The van der Waals surface area contributed by atoms with E-state index in [-0.39, 0.29) is 15.9 Å². The largest absolute Gasteiger partial charge is 0.478 e. The Labute approximate surface area is 186 Å². The molecule has 1 fully saturated rings. The summed E-state index contributed by atoms with van der Waals surface area (Å²) < 4.78 is 40.7. The third-order valence-corrected chi connectivity index (χ3v) is 7.78. The number of alkyl halides is 1. The average molecular weight is 463 g/mol. The van der Waals surface area contributed by atoms with Gasteiger partial charge in [-0.15, -0.1) is 0 Å². The summed E-state index contributed by atoms with van der Waals surface area (Å²) in [6.07, 6.45) is 4.59. The van der Waals surface area contributed by atoms with Crippen molar-refractivity contribution in [2.45, 2.75) is 69.5 Å². The van der Waals surface area contributed by atoms with Crippen LogP contribution in [0.3, 0.4) is 0 Å². The molecule has 1 saturated carbocycles. The van der Waals surface area contributed by atoms with E-state index in [0.717, 1.165) is 40.9 Å². The Bertz CT molecular complexity index is 1260. The van der Waals surface area contributed by atoms with E-state index in [2.05, 4.69) is 25.3 Å². The molecule has 7 nitrogen and oxygen atoms in total.